The summed E-state index contributed by atoms with van der Waals surface area (Å²) in [6, 6.07) is 0. The van der Waals surface area contributed by atoms with Crippen molar-refractivity contribution in [3.63, 3.8) is 0 Å². The van der Waals surface area contributed by atoms with Crippen LogP contribution in [0.4, 0.5) is 5.95 Å². The van der Waals surface area contributed by atoms with E-state index in [1.165, 1.54) is 25.7 Å². The molecule has 1 saturated carbocycles. The fourth-order valence-electron chi connectivity index (χ4n) is 1.98. The second-order valence-corrected chi connectivity index (χ2v) is 4.07. The van der Waals surface area contributed by atoms with Gasteiger partial charge in [0.25, 0.3) is 0 Å². The number of rotatable bonds is 5. The first kappa shape index (κ1) is 10.5. The maximum atomic E-state index is 5.74. The number of imidazole rings is 1. The van der Waals surface area contributed by atoms with Crippen LogP contribution in [0.3, 0.4) is 0 Å². The molecule has 4 heteroatoms. The Morgan fingerprint density at radius 3 is 3.00 bits per heavy atom. The predicted molar refractivity (Wildman–Crippen MR) is 59.9 cm³/mol. The number of ether oxygens (including phenoxy) is 1. The molecule has 0 radical (unpaired) electrons. The van der Waals surface area contributed by atoms with Crippen LogP contribution in [-0.2, 0) is 11.8 Å². The fourth-order valence-corrected chi connectivity index (χ4v) is 1.98. The van der Waals surface area contributed by atoms with Gasteiger partial charge in [-0.3, -0.25) is 0 Å². The molecular formula is C11H19N3O. The lowest BCUT2D eigenvalue weighted by Gasteiger charge is -2.11. The molecule has 15 heavy (non-hydrogen) atoms. The first-order chi connectivity index (χ1) is 7.36. The van der Waals surface area contributed by atoms with E-state index in [1.807, 2.05) is 17.8 Å². The summed E-state index contributed by atoms with van der Waals surface area (Å²) >= 11 is 0. The van der Waals surface area contributed by atoms with Crippen molar-refractivity contribution in [2.75, 3.05) is 18.5 Å². The lowest BCUT2D eigenvalue weighted by molar-refractivity contribution is 0.0658. The van der Waals surface area contributed by atoms with Crippen LogP contribution in [0, 0.1) is 0 Å². The van der Waals surface area contributed by atoms with Gasteiger partial charge in [-0.2, -0.15) is 0 Å². The Morgan fingerprint density at radius 1 is 1.53 bits per heavy atom. The van der Waals surface area contributed by atoms with E-state index in [9.17, 15) is 0 Å². The summed E-state index contributed by atoms with van der Waals surface area (Å²) in [6.45, 7) is 1.61. The van der Waals surface area contributed by atoms with Crippen molar-refractivity contribution in [2.24, 2.45) is 7.05 Å². The third-order valence-corrected chi connectivity index (χ3v) is 2.86. The molecule has 0 amide bonds. The van der Waals surface area contributed by atoms with Crippen LogP contribution < -0.4 is 5.32 Å². The maximum absolute atomic E-state index is 5.74. The van der Waals surface area contributed by atoms with Gasteiger partial charge in [-0.1, -0.05) is 12.8 Å². The van der Waals surface area contributed by atoms with Crippen LogP contribution in [0.1, 0.15) is 25.7 Å². The quantitative estimate of drug-likeness (QED) is 0.751. The maximum Gasteiger partial charge on any atom is 0.202 e. The van der Waals surface area contributed by atoms with Gasteiger partial charge in [-0.15, -0.1) is 0 Å². The standard InChI is InChI=1S/C11H19N3O/c1-14-8-6-12-11(14)13-7-9-15-10-4-2-3-5-10/h6,8,10H,2-5,7,9H2,1H3,(H,12,13). The molecule has 2 rings (SSSR count). The van der Waals surface area contributed by atoms with Crippen LogP contribution >= 0.6 is 0 Å². The molecule has 84 valence electrons. The molecule has 1 heterocycles. The molecule has 0 unspecified atom stereocenters. The Morgan fingerprint density at radius 2 is 2.33 bits per heavy atom. The Labute approximate surface area is 90.6 Å². The average Bonchev–Trinajstić information content (AvgIpc) is 2.85. The SMILES string of the molecule is Cn1ccnc1NCCOC1CCCC1. The van der Waals surface area contributed by atoms with E-state index in [4.69, 9.17) is 4.74 Å². The van der Waals surface area contributed by atoms with Gasteiger partial charge in [0.2, 0.25) is 5.95 Å². The summed E-state index contributed by atoms with van der Waals surface area (Å²) < 4.78 is 7.71. The van der Waals surface area contributed by atoms with E-state index in [-0.39, 0.29) is 0 Å². The molecule has 1 N–H and O–H groups in total. The predicted octanol–water partition coefficient (Wildman–Crippen LogP) is 1.79. The second kappa shape index (κ2) is 5.16. The van der Waals surface area contributed by atoms with Crippen LogP contribution in [0.5, 0.6) is 0 Å². The lowest BCUT2D eigenvalue weighted by Crippen LogP contribution is -2.16. The summed E-state index contributed by atoms with van der Waals surface area (Å²) in [5.41, 5.74) is 0. The zero-order chi connectivity index (χ0) is 10.5. The molecule has 0 atom stereocenters. The molecule has 1 aliphatic carbocycles. The molecule has 4 nitrogen and oxygen atoms in total. The second-order valence-electron chi connectivity index (χ2n) is 4.07. The highest BCUT2D eigenvalue weighted by Crippen LogP contribution is 2.20. The molecule has 1 aliphatic rings. The van der Waals surface area contributed by atoms with Gasteiger partial charge in [-0.05, 0) is 12.8 Å². The molecule has 1 fully saturated rings. The highest BCUT2D eigenvalue weighted by molar-refractivity contribution is 5.24. The van der Waals surface area contributed by atoms with E-state index in [1.54, 1.807) is 6.20 Å². The van der Waals surface area contributed by atoms with Gasteiger partial charge < -0.3 is 14.6 Å². The number of hydrogen-bond donors (Lipinski definition) is 1. The van der Waals surface area contributed by atoms with E-state index in [0.717, 1.165) is 19.1 Å². The first-order valence-corrected chi connectivity index (χ1v) is 5.69. The number of nitrogens with one attached hydrogen (secondary N) is 1. The van der Waals surface area contributed by atoms with E-state index in [0.29, 0.717) is 6.10 Å². The van der Waals surface area contributed by atoms with E-state index < -0.39 is 0 Å². The Hall–Kier alpha value is -1.03. The van der Waals surface area contributed by atoms with Crippen LogP contribution in [0.15, 0.2) is 12.4 Å². The first-order valence-electron chi connectivity index (χ1n) is 5.69. The van der Waals surface area contributed by atoms with Crippen LogP contribution in [0.25, 0.3) is 0 Å². The van der Waals surface area contributed by atoms with E-state index >= 15 is 0 Å². The molecule has 0 aromatic carbocycles. The molecule has 1 aromatic rings. The van der Waals surface area contributed by atoms with Crippen molar-refractivity contribution in [1.82, 2.24) is 9.55 Å². The van der Waals surface area contributed by atoms with Crippen molar-refractivity contribution in [1.29, 1.82) is 0 Å². The zero-order valence-corrected chi connectivity index (χ0v) is 9.28. The molecule has 0 spiro atoms. The number of anilines is 1. The summed E-state index contributed by atoms with van der Waals surface area (Å²) in [5, 5.41) is 3.24. The van der Waals surface area contributed by atoms with Crippen molar-refractivity contribution in [3.8, 4) is 0 Å². The zero-order valence-electron chi connectivity index (χ0n) is 9.28. The minimum atomic E-state index is 0.508. The minimum absolute atomic E-state index is 0.508. The van der Waals surface area contributed by atoms with Crippen LogP contribution in [-0.4, -0.2) is 28.8 Å². The number of aromatic nitrogens is 2. The Balaban J connectivity index is 1.60. The number of nitrogens with zero attached hydrogens (tertiary/aromatic N) is 2. The third-order valence-electron chi connectivity index (χ3n) is 2.86. The van der Waals surface area contributed by atoms with Crippen molar-refractivity contribution in [2.45, 2.75) is 31.8 Å². The largest absolute Gasteiger partial charge is 0.376 e. The topological polar surface area (TPSA) is 39.1 Å². The minimum Gasteiger partial charge on any atom is -0.376 e. The monoisotopic (exact) mass is 209 g/mol. The Bertz CT molecular complexity index is 292. The van der Waals surface area contributed by atoms with Crippen molar-refractivity contribution < 1.29 is 4.74 Å². The van der Waals surface area contributed by atoms with Gasteiger partial charge in [0.05, 0.1) is 12.7 Å². The highest BCUT2D eigenvalue weighted by atomic mass is 16.5. The lowest BCUT2D eigenvalue weighted by atomic mass is 10.3. The summed E-state index contributed by atoms with van der Waals surface area (Å²) in [6.07, 6.45) is 9.37. The van der Waals surface area contributed by atoms with Gasteiger partial charge >= 0.3 is 0 Å². The molecule has 0 bridgehead atoms. The van der Waals surface area contributed by atoms with Gasteiger partial charge in [0, 0.05) is 26.0 Å². The molecular weight excluding hydrogens is 190 g/mol. The van der Waals surface area contributed by atoms with Gasteiger partial charge in [-0.25, -0.2) is 4.98 Å². The molecule has 1 aromatic heterocycles. The fraction of sp³-hybridized carbons (Fsp3) is 0.727. The Kier molecular flexibility index (Phi) is 3.61. The molecule has 0 aliphatic heterocycles. The molecule has 0 saturated heterocycles. The smallest absolute Gasteiger partial charge is 0.202 e. The number of aryl methyl sites for hydroxylation is 1. The summed E-state index contributed by atoms with van der Waals surface area (Å²) in [7, 11) is 1.98. The van der Waals surface area contributed by atoms with Crippen LogP contribution in [0.2, 0.25) is 0 Å². The normalized spacial score (nSPS) is 17.1. The third kappa shape index (κ3) is 2.96. The van der Waals surface area contributed by atoms with Crippen molar-refractivity contribution >= 4 is 5.95 Å². The summed E-state index contributed by atoms with van der Waals surface area (Å²) in [5.74, 6) is 0.907. The van der Waals surface area contributed by atoms with E-state index in [2.05, 4.69) is 10.3 Å². The van der Waals surface area contributed by atoms with Crippen molar-refractivity contribution in [3.05, 3.63) is 12.4 Å². The van der Waals surface area contributed by atoms with Gasteiger partial charge in [0.15, 0.2) is 0 Å². The highest BCUT2D eigenvalue weighted by Gasteiger charge is 2.14. The summed E-state index contributed by atoms with van der Waals surface area (Å²) in [4.78, 5) is 4.18. The number of hydrogen-bond acceptors (Lipinski definition) is 3. The average molecular weight is 209 g/mol. The van der Waals surface area contributed by atoms with Gasteiger partial charge in [0.1, 0.15) is 0 Å².